The summed E-state index contributed by atoms with van der Waals surface area (Å²) in [5.41, 5.74) is 2.12. The van der Waals surface area contributed by atoms with Crippen molar-refractivity contribution < 1.29 is 19.1 Å². The molecule has 1 aliphatic carbocycles. The molecule has 9 nitrogen and oxygen atoms in total. The Bertz CT molecular complexity index is 1270. The fourth-order valence-electron chi connectivity index (χ4n) is 4.90. The fraction of sp³-hybridized carbons (Fsp3) is 0.393. The second kappa shape index (κ2) is 11.8. The van der Waals surface area contributed by atoms with Crippen molar-refractivity contribution in [3.05, 3.63) is 54.1 Å². The van der Waals surface area contributed by atoms with Crippen molar-refractivity contribution in [2.24, 2.45) is 9.98 Å². The summed E-state index contributed by atoms with van der Waals surface area (Å²) in [6, 6.07) is 14.1. The monoisotopic (exact) mass is 533 g/mol. The van der Waals surface area contributed by atoms with Crippen LogP contribution in [0.1, 0.15) is 50.5 Å². The predicted octanol–water partition coefficient (Wildman–Crippen LogP) is 4.25. The Labute approximate surface area is 226 Å². The maximum absolute atomic E-state index is 13.4. The smallest absolute Gasteiger partial charge is 0.259 e. The number of amidine groups is 2. The number of methoxy groups -OCH3 is 1. The summed E-state index contributed by atoms with van der Waals surface area (Å²) in [5, 5.41) is 6.37. The third-order valence-corrected chi connectivity index (χ3v) is 7.81. The first-order valence-corrected chi connectivity index (χ1v) is 14.0. The Morgan fingerprint density at radius 2 is 1.82 bits per heavy atom. The van der Waals surface area contributed by atoms with Crippen LogP contribution in [0.5, 0.6) is 5.75 Å². The Morgan fingerprint density at radius 3 is 2.58 bits per heavy atom. The lowest BCUT2D eigenvalue weighted by Gasteiger charge is -2.25. The van der Waals surface area contributed by atoms with Gasteiger partial charge in [0.15, 0.2) is 5.17 Å². The molecule has 2 aromatic rings. The maximum Gasteiger partial charge on any atom is 0.259 e. The topological polar surface area (TPSA) is 112 Å². The van der Waals surface area contributed by atoms with E-state index in [1.807, 2.05) is 24.3 Å². The number of carbonyl (C=O) groups excluding carboxylic acids is 3. The van der Waals surface area contributed by atoms with E-state index >= 15 is 0 Å². The van der Waals surface area contributed by atoms with Crippen LogP contribution >= 0.6 is 11.8 Å². The molecular weight excluding hydrogens is 502 g/mol. The molecule has 1 fully saturated rings. The second-order valence-corrected chi connectivity index (χ2v) is 10.5. The number of anilines is 1. The number of benzene rings is 2. The van der Waals surface area contributed by atoms with Gasteiger partial charge in [-0.2, -0.15) is 0 Å². The van der Waals surface area contributed by atoms with Crippen molar-refractivity contribution in [3.63, 3.8) is 0 Å². The molecule has 2 aliphatic heterocycles. The number of carbonyl (C=O) groups is 3. The molecule has 2 aromatic carbocycles. The van der Waals surface area contributed by atoms with Gasteiger partial charge in [-0.15, -0.1) is 0 Å². The average molecular weight is 534 g/mol. The van der Waals surface area contributed by atoms with Crippen molar-refractivity contribution in [1.82, 2.24) is 10.2 Å². The molecule has 1 unspecified atom stereocenters. The van der Waals surface area contributed by atoms with E-state index in [1.54, 1.807) is 31.4 Å². The predicted molar refractivity (Wildman–Crippen MR) is 149 cm³/mol. The van der Waals surface area contributed by atoms with Gasteiger partial charge >= 0.3 is 0 Å². The summed E-state index contributed by atoms with van der Waals surface area (Å²) in [5.74, 6) is 0.820. The minimum atomic E-state index is -0.660. The largest absolute Gasteiger partial charge is 0.497 e. The molecule has 2 heterocycles. The third-order valence-electron chi connectivity index (χ3n) is 6.87. The van der Waals surface area contributed by atoms with Gasteiger partial charge < -0.3 is 15.4 Å². The average Bonchev–Trinajstić information content (AvgIpc) is 3.28. The van der Waals surface area contributed by atoms with Gasteiger partial charge in [0.05, 0.1) is 18.6 Å². The molecule has 1 atom stereocenters. The molecule has 2 N–H and O–H groups in total. The highest BCUT2D eigenvalue weighted by Gasteiger charge is 2.41. The number of para-hydroxylation sites is 1. The molecule has 0 radical (unpaired) electrons. The summed E-state index contributed by atoms with van der Waals surface area (Å²) in [4.78, 5) is 49.5. The summed E-state index contributed by atoms with van der Waals surface area (Å²) in [7, 11) is 1.58. The Kier molecular flexibility index (Phi) is 8.07. The van der Waals surface area contributed by atoms with Crippen LogP contribution in [-0.2, 0) is 14.4 Å². The quantitative estimate of drug-likeness (QED) is 0.527. The van der Waals surface area contributed by atoms with Crippen LogP contribution in [-0.4, -0.2) is 58.6 Å². The number of rotatable bonds is 8. The van der Waals surface area contributed by atoms with Crippen LogP contribution in [0.25, 0.3) is 0 Å². The molecule has 10 heteroatoms. The van der Waals surface area contributed by atoms with Gasteiger partial charge in [-0.05, 0) is 55.7 Å². The van der Waals surface area contributed by atoms with Crippen LogP contribution in [0.15, 0.2) is 58.5 Å². The number of thioether (sulfide) groups is 1. The zero-order valence-corrected chi connectivity index (χ0v) is 22.1. The summed E-state index contributed by atoms with van der Waals surface area (Å²) in [6.07, 6.45) is 6.12. The van der Waals surface area contributed by atoms with E-state index in [1.165, 1.54) is 23.1 Å². The Balaban J connectivity index is 1.24. The molecule has 3 aliphatic rings. The zero-order chi connectivity index (χ0) is 26.5. The van der Waals surface area contributed by atoms with Gasteiger partial charge in [-0.3, -0.25) is 19.4 Å². The highest BCUT2D eigenvalue weighted by molar-refractivity contribution is 8.14. The molecule has 38 heavy (non-hydrogen) atoms. The van der Waals surface area contributed by atoms with Gasteiger partial charge in [-0.1, -0.05) is 43.2 Å². The number of nitrogens with one attached hydrogen (secondary N) is 2. The van der Waals surface area contributed by atoms with Crippen LogP contribution < -0.4 is 15.4 Å². The molecule has 3 amide bonds. The molecule has 198 valence electrons. The SMILES string of the molecule is COc1ccc(NC(=O)CSC2=Nc3ccccc3C3=NC(CCC(=O)NC4CCCCC4)C(=O)N23)cc1. The summed E-state index contributed by atoms with van der Waals surface area (Å²) >= 11 is 1.18. The molecule has 5 rings (SSSR count). The molecule has 1 saturated carbocycles. The normalized spacial score (nSPS) is 18.7. The standard InChI is InChI=1S/C28H31N5O4S/c1-37-20-13-11-19(12-14-20)30-25(35)17-38-28-32-22-10-6-5-9-21(22)26-31-23(27(36)33(26)28)15-16-24(34)29-18-7-3-2-4-8-18/h5-6,9-14,18,23H,2-4,7-8,15-17H2,1H3,(H,29,34)(H,30,35). The van der Waals surface area contributed by atoms with Gasteiger partial charge in [0, 0.05) is 23.7 Å². The number of amides is 3. The molecule has 0 spiro atoms. The van der Waals surface area contributed by atoms with Crippen molar-refractivity contribution in [3.8, 4) is 5.75 Å². The zero-order valence-electron chi connectivity index (χ0n) is 21.3. The lowest BCUT2D eigenvalue weighted by atomic mass is 9.95. The third kappa shape index (κ3) is 5.91. The van der Waals surface area contributed by atoms with E-state index in [0.29, 0.717) is 34.5 Å². The second-order valence-electron chi connectivity index (χ2n) is 9.56. The van der Waals surface area contributed by atoms with Gasteiger partial charge in [0.2, 0.25) is 11.8 Å². The summed E-state index contributed by atoms with van der Waals surface area (Å²) in [6.45, 7) is 0. The van der Waals surface area contributed by atoms with E-state index in [2.05, 4.69) is 15.6 Å². The maximum atomic E-state index is 13.4. The number of ether oxygens (including phenoxy) is 1. The van der Waals surface area contributed by atoms with Crippen LogP contribution in [0, 0.1) is 0 Å². The minimum Gasteiger partial charge on any atom is -0.497 e. The highest BCUT2D eigenvalue weighted by Crippen LogP contribution is 2.34. The van der Waals surface area contributed by atoms with Crippen LogP contribution in [0.2, 0.25) is 0 Å². The Morgan fingerprint density at radius 1 is 1.05 bits per heavy atom. The molecule has 0 saturated heterocycles. The number of nitrogens with zero attached hydrogens (tertiary/aromatic N) is 3. The number of hydrogen-bond donors (Lipinski definition) is 2. The fourth-order valence-corrected chi connectivity index (χ4v) is 5.70. The molecular formula is C28H31N5O4S. The van der Waals surface area contributed by atoms with E-state index in [4.69, 9.17) is 9.73 Å². The molecule has 0 aromatic heterocycles. The Hall–Kier alpha value is -3.66. The first-order valence-electron chi connectivity index (χ1n) is 13.0. The lowest BCUT2D eigenvalue weighted by Crippen LogP contribution is -2.42. The van der Waals surface area contributed by atoms with Crippen molar-refractivity contribution in [2.45, 2.75) is 57.0 Å². The van der Waals surface area contributed by atoms with Crippen molar-refractivity contribution >= 4 is 51.9 Å². The summed E-state index contributed by atoms with van der Waals surface area (Å²) < 4.78 is 5.15. The number of hydrogen-bond acceptors (Lipinski definition) is 7. The van der Waals surface area contributed by atoms with E-state index in [9.17, 15) is 14.4 Å². The van der Waals surface area contributed by atoms with Crippen LogP contribution in [0.3, 0.4) is 0 Å². The van der Waals surface area contributed by atoms with Gasteiger partial charge in [0.1, 0.15) is 17.6 Å². The van der Waals surface area contributed by atoms with Gasteiger partial charge in [-0.25, -0.2) is 9.89 Å². The highest BCUT2D eigenvalue weighted by atomic mass is 32.2. The number of aliphatic imine (C=N–C) groups is 2. The van der Waals surface area contributed by atoms with Gasteiger partial charge in [0.25, 0.3) is 5.91 Å². The first kappa shape index (κ1) is 26.0. The lowest BCUT2D eigenvalue weighted by molar-refractivity contribution is -0.125. The molecule has 0 bridgehead atoms. The van der Waals surface area contributed by atoms with E-state index in [-0.39, 0.29) is 35.9 Å². The minimum absolute atomic E-state index is 0.0337. The van der Waals surface area contributed by atoms with E-state index in [0.717, 1.165) is 31.2 Å². The van der Waals surface area contributed by atoms with Crippen molar-refractivity contribution in [1.29, 1.82) is 0 Å². The van der Waals surface area contributed by atoms with Crippen molar-refractivity contribution in [2.75, 3.05) is 18.2 Å². The van der Waals surface area contributed by atoms with E-state index < -0.39 is 6.04 Å². The first-order chi connectivity index (χ1) is 18.5. The number of fused-ring (bicyclic) bond motifs is 3. The van der Waals surface area contributed by atoms with Crippen LogP contribution in [0.4, 0.5) is 11.4 Å².